The third-order valence-corrected chi connectivity index (χ3v) is 20.8. The van der Waals surface area contributed by atoms with Gasteiger partial charge in [0.25, 0.3) is 7.82 Å². The molecular formula is C88H168NO8P. The van der Waals surface area contributed by atoms with Crippen molar-refractivity contribution in [2.75, 3.05) is 47.5 Å². The Balaban J connectivity index is 3.87. The van der Waals surface area contributed by atoms with Crippen molar-refractivity contribution in [3.63, 3.8) is 0 Å². The Bertz CT molecular complexity index is 1790. The molecule has 0 bridgehead atoms. The molecule has 2 unspecified atom stereocenters. The summed E-state index contributed by atoms with van der Waals surface area (Å²) in [4.78, 5) is 38.2. The molecule has 0 saturated heterocycles. The van der Waals surface area contributed by atoms with Crippen LogP contribution in [-0.4, -0.2) is 70.0 Å². The van der Waals surface area contributed by atoms with Gasteiger partial charge in [-0.05, 0) is 77.0 Å². The number of phosphoric ester groups is 1. The molecule has 9 nitrogen and oxygen atoms in total. The number of likely N-dealkylation sites (N-methyl/N-ethyl adjacent to an activating group) is 1. The van der Waals surface area contributed by atoms with Gasteiger partial charge in [0.2, 0.25) is 0 Å². The van der Waals surface area contributed by atoms with Crippen LogP contribution in [0.1, 0.15) is 450 Å². The number of carbonyl (C=O) groups is 2. The Morgan fingerprint density at radius 1 is 0.316 bits per heavy atom. The second-order valence-electron chi connectivity index (χ2n) is 30.9. The first-order valence-electron chi connectivity index (χ1n) is 43.3. The second-order valence-corrected chi connectivity index (χ2v) is 32.3. The number of ether oxygens (including phenoxy) is 2. The minimum Gasteiger partial charge on any atom is -0.756 e. The van der Waals surface area contributed by atoms with Crippen LogP contribution >= 0.6 is 7.82 Å². The van der Waals surface area contributed by atoms with Gasteiger partial charge in [-0.2, -0.15) is 0 Å². The molecule has 0 aromatic rings. The fraction of sp³-hybridized carbons (Fsp3) is 0.886. The molecule has 0 spiro atoms. The Morgan fingerprint density at radius 3 is 0.827 bits per heavy atom. The number of hydrogen-bond donors (Lipinski definition) is 0. The first kappa shape index (κ1) is 96.0. The number of hydrogen-bond acceptors (Lipinski definition) is 8. The van der Waals surface area contributed by atoms with E-state index in [0.29, 0.717) is 17.4 Å². The van der Waals surface area contributed by atoms with Crippen molar-refractivity contribution < 1.29 is 42.1 Å². The maximum Gasteiger partial charge on any atom is 0.306 e. The molecule has 0 N–H and O–H groups in total. The zero-order valence-corrected chi connectivity index (χ0v) is 67.2. The van der Waals surface area contributed by atoms with E-state index in [4.69, 9.17) is 18.5 Å². The summed E-state index contributed by atoms with van der Waals surface area (Å²) in [5, 5.41) is 0. The molecule has 0 saturated carbocycles. The fourth-order valence-corrected chi connectivity index (χ4v) is 13.9. The molecule has 0 radical (unpaired) electrons. The first-order valence-corrected chi connectivity index (χ1v) is 44.8. The number of nitrogens with zero attached hydrogens (tertiary/aromatic N) is 1. The van der Waals surface area contributed by atoms with Crippen LogP contribution < -0.4 is 4.89 Å². The van der Waals surface area contributed by atoms with E-state index in [0.717, 1.165) is 44.9 Å². The lowest BCUT2D eigenvalue weighted by molar-refractivity contribution is -0.870. The summed E-state index contributed by atoms with van der Waals surface area (Å²) < 4.78 is 34.5. The van der Waals surface area contributed by atoms with Gasteiger partial charge in [-0.15, -0.1) is 0 Å². The predicted molar refractivity (Wildman–Crippen MR) is 425 cm³/mol. The molecule has 2 atom stereocenters. The Labute approximate surface area is 611 Å². The van der Waals surface area contributed by atoms with Crippen LogP contribution in [0.3, 0.4) is 0 Å². The lowest BCUT2D eigenvalue weighted by Gasteiger charge is -2.28. The molecule has 98 heavy (non-hydrogen) atoms. The average Bonchev–Trinajstić information content (AvgIpc) is 1.08. The summed E-state index contributed by atoms with van der Waals surface area (Å²) in [5.41, 5.74) is 0. The molecule has 0 aliphatic rings. The molecule has 0 amide bonds. The highest BCUT2D eigenvalue weighted by Crippen LogP contribution is 2.38. The van der Waals surface area contributed by atoms with Crippen LogP contribution in [0, 0.1) is 0 Å². The molecular weight excluding hydrogens is 1230 g/mol. The maximum atomic E-state index is 12.9. The smallest absolute Gasteiger partial charge is 0.306 e. The average molecular weight is 1400 g/mol. The minimum absolute atomic E-state index is 0.0275. The monoisotopic (exact) mass is 1400 g/mol. The van der Waals surface area contributed by atoms with Gasteiger partial charge in [0.15, 0.2) is 6.10 Å². The highest BCUT2D eigenvalue weighted by atomic mass is 31.2. The number of esters is 2. The third-order valence-electron chi connectivity index (χ3n) is 19.8. The summed E-state index contributed by atoms with van der Waals surface area (Å²) in [5.74, 6) is -0.806. The number of unbranched alkanes of at least 4 members (excludes halogenated alkanes) is 60. The number of allylic oxidation sites excluding steroid dienone is 8. The molecule has 0 aliphatic heterocycles. The highest BCUT2D eigenvalue weighted by Gasteiger charge is 2.22. The Morgan fingerprint density at radius 2 is 0.551 bits per heavy atom. The van der Waals surface area contributed by atoms with E-state index >= 15 is 0 Å². The molecule has 10 heteroatoms. The van der Waals surface area contributed by atoms with Crippen molar-refractivity contribution in [2.24, 2.45) is 0 Å². The second kappa shape index (κ2) is 79.1. The zero-order chi connectivity index (χ0) is 71.1. The van der Waals surface area contributed by atoms with Crippen LogP contribution in [-0.2, 0) is 32.7 Å². The maximum absolute atomic E-state index is 12.9. The van der Waals surface area contributed by atoms with Gasteiger partial charge < -0.3 is 27.9 Å². The van der Waals surface area contributed by atoms with E-state index in [-0.39, 0.29) is 32.0 Å². The van der Waals surface area contributed by atoms with Crippen LogP contribution in [0.25, 0.3) is 0 Å². The largest absolute Gasteiger partial charge is 0.756 e. The van der Waals surface area contributed by atoms with E-state index < -0.39 is 26.5 Å². The van der Waals surface area contributed by atoms with Crippen molar-refractivity contribution in [3.05, 3.63) is 48.6 Å². The first-order chi connectivity index (χ1) is 48.0. The van der Waals surface area contributed by atoms with Gasteiger partial charge in [0.05, 0.1) is 27.7 Å². The molecule has 0 aromatic carbocycles. The van der Waals surface area contributed by atoms with E-state index in [1.807, 2.05) is 21.1 Å². The summed E-state index contributed by atoms with van der Waals surface area (Å²) in [7, 11) is 1.19. The SMILES string of the molecule is CCCCCCC/C=C\C/C=C\C/C=C\CCCCCCCCCCCCCCCCCCCCCCCCC(=O)OC(COC(=O)CCCCCCCCCCCCCCCCCCCCCCCCCCC/C=C\CCCCCCCCCC)COP(=O)([O-])OCC[N+](C)(C)C. The van der Waals surface area contributed by atoms with E-state index in [1.54, 1.807) is 0 Å². The quantitative estimate of drug-likeness (QED) is 0.0195. The predicted octanol–water partition coefficient (Wildman–Crippen LogP) is 28.4. The summed E-state index contributed by atoms with van der Waals surface area (Å²) in [6.07, 6.45) is 106. The third kappa shape index (κ3) is 82.9. The van der Waals surface area contributed by atoms with Gasteiger partial charge in [0, 0.05) is 12.8 Å². The molecule has 0 rings (SSSR count). The molecule has 0 aromatic heterocycles. The van der Waals surface area contributed by atoms with E-state index in [1.165, 1.54) is 372 Å². The highest BCUT2D eigenvalue weighted by molar-refractivity contribution is 7.45. The molecule has 578 valence electrons. The lowest BCUT2D eigenvalue weighted by atomic mass is 10.0. The normalized spacial score (nSPS) is 13.2. The van der Waals surface area contributed by atoms with Crippen LogP contribution in [0.15, 0.2) is 48.6 Å². The molecule has 0 fully saturated rings. The zero-order valence-electron chi connectivity index (χ0n) is 66.3. The van der Waals surface area contributed by atoms with Crippen LogP contribution in [0.5, 0.6) is 0 Å². The number of rotatable bonds is 82. The van der Waals surface area contributed by atoms with Crippen LogP contribution in [0.4, 0.5) is 0 Å². The standard InChI is InChI=1S/C88H168NO8P/c1-6-8-10-12-14-16-18-20-22-24-26-28-30-32-34-36-38-40-42-44-46-48-50-52-54-56-58-60-62-64-66-68-70-72-74-76-78-80-87(90)94-84-86(85-96-98(92,93)95-83-82-89(3,4)5)97-88(91)81-79-77-75-73-71-69-67-65-63-61-59-57-55-53-51-49-47-45-43-41-39-37-35-33-31-29-27-25-23-21-19-17-15-13-11-9-7-2/h19,21,24-27,31,33,86H,6-18,20,22-23,28-30,32,34-85H2,1-5H3/b21-19-,26-24-,27-25-,33-31-. The van der Waals surface area contributed by atoms with Crippen molar-refractivity contribution >= 4 is 19.8 Å². The van der Waals surface area contributed by atoms with Crippen molar-refractivity contribution in [1.82, 2.24) is 0 Å². The Hall–Kier alpha value is -2.03. The molecule has 0 aliphatic carbocycles. The summed E-state index contributed by atoms with van der Waals surface area (Å²) in [6, 6.07) is 0. The topological polar surface area (TPSA) is 111 Å². The minimum atomic E-state index is -4.64. The summed E-state index contributed by atoms with van der Waals surface area (Å²) in [6.45, 7) is 4.31. The van der Waals surface area contributed by atoms with Gasteiger partial charge in [0.1, 0.15) is 19.8 Å². The number of quaternary nitrogens is 1. The van der Waals surface area contributed by atoms with Gasteiger partial charge in [-0.3, -0.25) is 14.2 Å². The fourth-order valence-electron chi connectivity index (χ4n) is 13.2. The van der Waals surface area contributed by atoms with E-state index in [2.05, 4.69) is 62.5 Å². The van der Waals surface area contributed by atoms with Crippen molar-refractivity contribution in [1.29, 1.82) is 0 Å². The molecule has 0 heterocycles. The number of carbonyl (C=O) groups excluding carboxylic acids is 2. The Kier molecular flexibility index (Phi) is 77.5. The van der Waals surface area contributed by atoms with Crippen molar-refractivity contribution in [3.8, 4) is 0 Å². The van der Waals surface area contributed by atoms with E-state index in [9.17, 15) is 19.0 Å². The van der Waals surface area contributed by atoms with Gasteiger partial charge >= 0.3 is 11.9 Å². The number of phosphoric acid groups is 1. The van der Waals surface area contributed by atoms with Gasteiger partial charge in [-0.25, -0.2) is 0 Å². The van der Waals surface area contributed by atoms with Gasteiger partial charge in [-0.1, -0.05) is 409 Å². The lowest BCUT2D eigenvalue weighted by Crippen LogP contribution is -2.37. The van der Waals surface area contributed by atoms with Crippen molar-refractivity contribution in [2.45, 2.75) is 457 Å². The van der Waals surface area contributed by atoms with Crippen LogP contribution in [0.2, 0.25) is 0 Å². The summed E-state index contributed by atoms with van der Waals surface area (Å²) >= 11 is 0.